The van der Waals surface area contributed by atoms with Crippen LogP contribution in [-0.2, 0) is 4.79 Å². The van der Waals surface area contributed by atoms with E-state index in [-0.39, 0.29) is 5.91 Å². The fourth-order valence-corrected chi connectivity index (χ4v) is 2.26. The zero-order chi connectivity index (χ0) is 12.4. The summed E-state index contributed by atoms with van der Waals surface area (Å²) in [7, 11) is 0. The first kappa shape index (κ1) is 13.5. The Bertz CT molecular complexity index is 243. The summed E-state index contributed by atoms with van der Waals surface area (Å²) in [6.45, 7) is 9.69. The van der Waals surface area contributed by atoms with E-state index < -0.39 is 5.54 Å². The zero-order valence-electron chi connectivity index (χ0n) is 11.1. The van der Waals surface area contributed by atoms with Crippen LogP contribution in [0.2, 0.25) is 0 Å². The molecule has 0 saturated heterocycles. The minimum Gasteiger partial charge on any atom is -0.368 e. The van der Waals surface area contributed by atoms with E-state index in [1.54, 1.807) is 0 Å². The van der Waals surface area contributed by atoms with E-state index in [0.29, 0.717) is 11.3 Å². The van der Waals surface area contributed by atoms with Crippen LogP contribution in [0.1, 0.15) is 53.4 Å². The van der Waals surface area contributed by atoms with Gasteiger partial charge < -0.3 is 11.1 Å². The molecule has 1 aliphatic rings. The van der Waals surface area contributed by atoms with Crippen molar-refractivity contribution < 1.29 is 4.79 Å². The SMILES string of the molecule is CC(C)CNC1(C(N)=O)CCC(C)(C)CC1. The highest BCUT2D eigenvalue weighted by atomic mass is 16.1. The van der Waals surface area contributed by atoms with Gasteiger partial charge >= 0.3 is 0 Å². The van der Waals surface area contributed by atoms with Crippen LogP contribution in [0.4, 0.5) is 0 Å². The predicted octanol–water partition coefficient (Wildman–Crippen LogP) is 2.06. The summed E-state index contributed by atoms with van der Waals surface area (Å²) in [4.78, 5) is 11.7. The number of carbonyl (C=O) groups is 1. The molecule has 3 N–H and O–H groups in total. The molecule has 0 heterocycles. The van der Waals surface area contributed by atoms with Gasteiger partial charge in [0.15, 0.2) is 0 Å². The monoisotopic (exact) mass is 226 g/mol. The highest BCUT2D eigenvalue weighted by Gasteiger charge is 2.42. The second-order valence-corrected chi connectivity index (χ2v) is 6.39. The second kappa shape index (κ2) is 4.74. The Kier molecular flexibility index (Phi) is 4.00. The minimum atomic E-state index is -0.445. The average Bonchev–Trinajstić information content (AvgIpc) is 2.16. The second-order valence-electron chi connectivity index (χ2n) is 6.39. The molecule has 3 heteroatoms. The van der Waals surface area contributed by atoms with Crippen LogP contribution in [-0.4, -0.2) is 18.0 Å². The fourth-order valence-electron chi connectivity index (χ4n) is 2.26. The first-order chi connectivity index (χ1) is 7.27. The first-order valence-corrected chi connectivity index (χ1v) is 6.32. The van der Waals surface area contributed by atoms with Crippen LogP contribution < -0.4 is 11.1 Å². The smallest absolute Gasteiger partial charge is 0.237 e. The number of hydrogen-bond donors (Lipinski definition) is 2. The summed E-state index contributed by atoms with van der Waals surface area (Å²) in [5.74, 6) is 0.370. The first-order valence-electron chi connectivity index (χ1n) is 6.32. The lowest BCUT2D eigenvalue weighted by atomic mass is 9.69. The van der Waals surface area contributed by atoms with Gasteiger partial charge in [-0.25, -0.2) is 0 Å². The molecule has 0 bridgehead atoms. The Morgan fingerprint density at radius 3 is 2.12 bits per heavy atom. The van der Waals surface area contributed by atoms with Crippen LogP contribution in [0.25, 0.3) is 0 Å². The molecule has 0 unspecified atom stereocenters. The van der Waals surface area contributed by atoms with E-state index in [9.17, 15) is 4.79 Å². The summed E-state index contributed by atoms with van der Waals surface area (Å²) in [5.41, 5.74) is 5.49. The summed E-state index contributed by atoms with van der Waals surface area (Å²) >= 11 is 0. The lowest BCUT2D eigenvalue weighted by Gasteiger charge is -2.42. The third kappa shape index (κ3) is 3.21. The molecular formula is C13H26N2O. The maximum Gasteiger partial charge on any atom is 0.237 e. The largest absolute Gasteiger partial charge is 0.368 e. The molecule has 0 aromatic carbocycles. The topological polar surface area (TPSA) is 55.1 Å². The van der Waals surface area contributed by atoms with Crippen molar-refractivity contribution in [3.8, 4) is 0 Å². The van der Waals surface area contributed by atoms with Gasteiger partial charge in [0.2, 0.25) is 5.91 Å². The van der Waals surface area contributed by atoms with Gasteiger partial charge in [-0.1, -0.05) is 27.7 Å². The van der Waals surface area contributed by atoms with Crippen LogP contribution in [0, 0.1) is 11.3 Å². The molecule has 0 atom stereocenters. The number of hydrogen-bond acceptors (Lipinski definition) is 2. The van der Waals surface area contributed by atoms with E-state index in [1.165, 1.54) is 0 Å². The molecular weight excluding hydrogens is 200 g/mol. The number of rotatable bonds is 4. The summed E-state index contributed by atoms with van der Waals surface area (Å²) in [5, 5.41) is 3.40. The summed E-state index contributed by atoms with van der Waals surface area (Å²) in [6.07, 6.45) is 3.90. The number of carbonyl (C=O) groups excluding carboxylic acids is 1. The van der Waals surface area contributed by atoms with Gasteiger partial charge in [0.05, 0.1) is 5.54 Å². The number of amides is 1. The van der Waals surface area contributed by atoms with E-state index in [1.807, 2.05) is 0 Å². The molecule has 1 rings (SSSR count). The van der Waals surface area contributed by atoms with E-state index in [2.05, 4.69) is 33.0 Å². The van der Waals surface area contributed by atoms with Crippen molar-refractivity contribution in [1.29, 1.82) is 0 Å². The predicted molar refractivity (Wildman–Crippen MR) is 67.0 cm³/mol. The molecule has 94 valence electrons. The molecule has 0 aromatic rings. The Morgan fingerprint density at radius 2 is 1.75 bits per heavy atom. The Labute approximate surface area is 99.2 Å². The van der Waals surface area contributed by atoms with Crippen molar-refractivity contribution in [3.05, 3.63) is 0 Å². The average molecular weight is 226 g/mol. The quantitative estimate of drug-likeness (QED) is 0.771. The molecule has 1 amide bonds. The van der Waals surface area contributed by atoms with Crippen LogP contribution in [0.5, 0.6) is 0 Å². The van der Waals surface area contributed by atoms with E-state index in [0.717, 1.165) is 32.2 Å². The molecule has 0 aliphatic heterocycles. The van der Waals surface area contributed by atoms with Crippen LogP contribution in [0.3, 0.4) is 0 Å². The summed E-state index contributed by atoms with van der Waals surface area (Å²) < 4.78 is 0. The normalized spacial score (nSPS) is 23.3. The minimum absolute atomic E-state index is 0.177. The van der Waals surface area contributed by atoms with Crippen LogP contribution >= 0.6 is 0 Å². The molecule has 1 fully saturated rings. The molecule has 1 saturated carbocycles. The Balaban J connectivity index is 2.65. The van der Waals surface area contributed by atoms with Crippen molar-refractivity contribution in [3.63, 3.8) is 0 Å². The number of primary amides is 1. The maximum atomic E-state index is 11.7. The van der Waals surface area contributed by atoms with Gasteiger partial charge in [0.25, 0.3) is 0 Å². The van der Waals surface area contributed by atoms with Crippen molar-refractivity contribution in [2.45, 2.75) is 58.9 Å². The molecule has 3 nitrogen and oxygen atoms in total. The zero-order valence-corrected chi connectivity index (χ0v) is 11.1. The van der Waals surface area contributed by atoms with Crippen molar-refractivity contribution in [2.24, 2.45) is 17.1 Å². The summed E-state index contributed by atoms with van der Waals surface area (Å²) in [6, 6.07) is 0. The lowest BCUT2D eigenvalue weighted by molar-refractivity contribution is -0.126. The molecule has 0 aromatic heterocycles. The van der Waals surface area contributed by atoms with Gasteiger partial charge in [0.1, 0.15) is 0 Å². The molecule has 0 radical (unpaired) electrons. The van der Waals surface area contributed by atoms with Crippen LogP contribution in [0.15, 0.2) is 0 Å². The van der Waals surface area contributed by atoms with Gasteiger partial charge in [0, 0.05) is 0 Å². The third-order valence-electron chi connectivity index (χ3n) is 3.78. The highest BCUT2D eigenvalue weighted by Crippen LogP contribution is 2.40. The maximum absolute atomic E-state index is 11.7. The fraction of sp³-hybridized carbons (Fsp3) is 0.923. The number of nitrogens with one attached hydrogen (secondary N) is 1. The lowest BCUT2D eigenvalue weighted by Crippen LogP contribution is -2.58. The Hall–Kier alpha value is -0.570. The van der Waals surface area contributed by atoms with Gasteiger partial charge in [-0.2, -0.15) is 0 Å². The van der Waals surface area contributed by atoms with Crippen molar-refractivity contribution in [2.75, 3.05) is 6.54 Å². The molecule has 1 aliphatic carbocycles. The van der Waals surface area contributed by atoms with E-state index in [4.69, 9.17) is 5.73 Å². The molecule has 16 heavy (non-hydrogen) atoms. The van der Waals surface area contributed by atoms with Crippen molar-refractivity contribution in [1.82, 2.24) is 5.32 Å². The van der Waals surface area contributed by atoms with Gasteiger partial charge in [-0.3, -0.25) is 4.79 Å². The number of nitrogens with two attached hydrogens (primary N) is 1. The highest BCUT2D eigenvalue weighted by molar-refractivity contribution is 5.84. The standard InChI is InChI=1S/C13H26N2O/c1-10(2)9-15-13(11(14)16)7-5-12(3,4)6-8-13/h10,15H,5-9H2,1-4H3,(H2,14,16). The Morgan fingerprint density at radius 1 is 1.25 bits per heavy atom. The van der Waals surface area contributed by atoms with Gasteiger partial charge in [-0.15, -0.1) is 0 Å². The van der Waals surface area contributed by atoms with E-state index >= 15 is 0 Å². The molecule has 0 spiro atoms. The van der Waals surface area contributed by atoms with Crippen molar-refractivity contribution >= 4 is 5.91 Å². The van der Waals surface area contributed by atoms with Gasteiger partial charge in [-0.05, 0) is 43.6 Å². The third-order valence-corrected chi connectivity index (χ3v) is 3.78.